The Kier molecular flexibility index (Phi) is 4.29. The van der Waals surface area contributed by atoms with Gasteiger partial charge in [-0.05, 0) is 36.8 Å². The molecule has 1 aromatic rings. The third-order valence-electron chi connectivity index (χ3n) is 4.82. The summed E-state index contributed by atoms with van der Waals surface area (Å²) in [6.45, 7) is 5.80. The van der Waals surface area contributed by atoms with Crippen LogP contribution >= 0.6 is 0 Å². The van der Waals surface area contributed by atoms with Crippen LogP contribution in [0.4, 0.5) is 0 Å². The maximum absolute atomic E-state index is 12.0. The summed E-state index contributed by atoms with van der Waals surface area (Å²) in [7, 11) is 0. The summed E-state index contributed by atoms with van der Waals surface area (Å²) in [6, 6.07) is 9.93. The lowest BCUT2D eigenvalue weighted by atomic mass is 10.0. The van der Waals surface area contributed by atoms with Crippen LogP contribution in [0.25, 0.3) is 0 Å². The quantitative estimate of drug-likeness (QED) is 0.925. The van der Waals surface area contributed by atoms with Gasteiger partial charge in [-0.3, -0.25) is 4.79 Å². The number of benzene rings is 1. The SMILES string of the molecule is CC(C)C(=O)N1CCC(NC2Cc3ccccc3C2)CC1. The van der Waals surface area contributed by atoms with Crippen LogP contribution in [0, 0.1) is 5.92 Å². The maximum atomic E-state index is 12.0. The Balaban J connectivity index is 1.48. The van der Waals surface area contributed by atoms with Crippen molar-refractivity contribution in [1.82, 2.24) is 10.2 Å². The van der Waals surface area contributed by atoms with Crippen molar-refractivity contribution in [1.29, 1.82) is 0 Å². The number of fused-ring (bicyclic) bond motifs is 1. The molecule has 3 heteroatoms. The largest absolute Gasteiger partial charge is 0.342 e. The van der Waals surface area contributed by atoms with Crippen molar-refractivity contribution in [3.63, 3.8) is 0 Å². The zero-order valence-corrected chi connectivity index (χ0v) is 13.1. The van der Waals surface area contributed by atoms with E-state index in [1.807, 2.05) is 18.7 Å². The number of rotatable bonds is 3. The highest BCUT2D eigenvalue weighted by Crippen LogP contribution is 2.23. The van der Waals surface area contributed by atoms with Crippen molar-refractivity contribution in [2.75, 3.05) is 13.1 Å². The molecule has 1 amide bonds. The van der Waals surface area contributed by atoms with Crippen molar-refractivity contribution in [2.24, 2.45) is 5.92 Å². The molecule has 3 rings (SSSR count). The molecule has 1 aromatic carbocycles. The molecule has 0 unspecified atom stereocenters. The van der Waals surface area contributed by atoms with Crippen LogP contribution < -0.4 is 5.32 Å². The van der Waals surface area contributed by atoms with Crippen LogP contribution in [-0.4, -0.2) is 36.0 Å². The molecule has 3 nitrogen and oxygen atoms in total. The Morgan fingerprint density at radius 3 is 2.19 bits per heavy atom. The number of nitrogens with zero attached hydrogens (tertiary/aromatic N) is 1. The number of likely N-dealkylation sites (tertiary alicyclic amines) is 1. The lowest BCUT2D eigenvalue weighted by molar-refractivity contribution is -0.135. The van der Waals surface area contributed by atoms with Gasteiger partial charge in [-0.2, -0.15) is 0 Å². The first kappa shape index (κ1) is 14.6. The Hall–Kier alpha value is -1.35. The molecule has 2 aliphatic rings. The molecule has 0 bridgehead atoms. The fraction of sp³-hybridized carbons (Fsp3) is 0.611. The second-order valence-electron chi connectivity index (χ2n) is 6.79. The lowest BCUT2D eigenvalue weighted by Crippen LogP contribution is -2.48. The first-order valence-electron chi connectivity index (χ1n) is 8.25. The van der Waals surface area contributed by atoms with Gasteiger partial charge in [0.2, 0.25) is 5.91 Å². The predicted molar refractivity (Wildman–Crippen MR) is 85.2 cm³/mol. The first-order chi connectivity index (χ1) is 10.1. The van der Waals surface area contributed by atoms with E-state index in [4.69, 9.17) is 0 Å². The molecule has 21 heavy (non-hydrogen) atoms. The zero-order chi connectivity index (χ0) is 14.8. The molecule has 1 aliphatic heterocycles. The molecule has 1 fully saturated rings. The topological polar surface area (TPSA) is 32.3 Å². The molecule has 114 valence electrons. The van der Waals surface area contributed by atoms with E-state index in [0.717, 1.165) is 38.8 Å². The number of amides is 1. The fourth-order valence-corrected chi connectivity index (χ4v) is 3.64. The van der Waals surface area contributed by atoms with Crippen LogP contribution in [0.3, 0.4) is 0 Å². The Labute approximate surface area is 127 Å². The molecule has 1 saturated heterocycles. The molecule has 0 radical (unpaired) electrons. The summed E-state index contributed by atoms with van der Waals surface area (Å²) in [5.74, 6) is 0.431. The van der Waals surface area contributed by atoms with Gasteiger partial charge in [0.25, 0.3) is 0 Å². The van der Waals surface area contributed by atoms with E-state index in [0.29, 0.717) is 18.0 Å². The van der Waals surface area contributed by atoms with E-state index >= 15 is 0 Å². The first-order valence-corrected chi connectivity index (χ1v) is 8.25. The Bertz CT molecular complexity index is 479. The molecule has 1 N–H and O–H groups in total. The summed E-state index contributed by atoms with van der Waals surface area (Å²) in [6.07, 6.45) is 4.49. The average Bonchev–Trinajstić information content (AvgIpc) is 2.89. The minimum atomic E-state index is 0.124. The van der Waals surface area contributed by atoms with Gasteiger partial charge in [0.1, 0.15) is 0 Å². The standard InChI is InChI=1S/C18H26N2O/c1-13(2)18(21)20-9-7-16(8-10-20)19-17-11-14-5-3-4-6-15(14)12-17/h3-6,13,16-17,19H,7-12H2,1-2H3. The summed E-state index contributed by atoms with van der Waals surface area (Å²) >= 11 is 0. The zero-order valence-electron chi connectivity index (χ0n) is 13.1. The van der Waals surface area contributed by atoms with Crippen molar-refractivity contribution in [3.8, 4) is 0 Å². The highest BCUT2D eigenvalue weighted by atomic mass is 16.2. The number of nitrogens with one attached hydrogen (secondary N) is 1. The van der Waals surface area contributed by atoms with E-state index < -0.39 is 0 Å². The molecular weight excluding hydrogens is 260 g/mol. The number of piperidine rings is 1. The highest BCUT2D eigenvalue weighted by molar-refractivity contribution is 5.78. The van der Waals surface area contributed by atoms with E-state index in [2.05, 4.69) is 29.6 Å². The van der Waals surface area contributed by atoms with Gasteiger partial charge in [-0.25, -0.2) is 0 Å². The predicted octanol–water partition coefficient (Wildman–Crippen LogP) is 2.39. The number of hydrogen-bond donors (Lipinski definition) is 1. The molecule has 1 aliphatic carbocycles. The number of carbonyl (C=O) groups is 1. The Morgan fingerprint density at radius 1 is 1.10 bits per heavy atom. The molecule has 0 aromatic heterocycles. The van der Waals surface area contributed by atoms with Crippen molar-refractivity contribution < 1.29 is 4.79 Å². The Morgan fingerprint density at radius 2 is 1.67 bits per heavy atom. The smallest absolute Gasteiger partial charge is 0.225 e. The van der Waals surface area contributed by atoms with E-state index in [-0.39, 0.29) is 5.92 Å². The third kappa shape index (κ3) is 3.29. The molecule has 1 heterocycles. The van der Waals surface area contributed by atoms with Gasteiger partial charge in [-0.1, -0.05) is 38.1 Å². The normalized spacial score (nSPS) is 20.0. The van der Waals surface area contributed by atoms with Gasteiger partial charge in [0, 0.05) is 31.1 Å². The van der Waals surface area contributed by atoms with Crippen molar-refractivity contribution in [2.45, 2.75) is 51.6 Å². The second kappa shape index (κ2) is 6.18. The van der Waals surface area contributed by atoms with Crippen LogP contribution in [0.2, 0.25) is 0 Å². The average molecular weight is 286 g/mol. The summed E-state index contributed by atoms with van der Waals surface area (Å²) in [5, 5.41) is 3.82. The minimum Gasteiger partial charge on any atom is -0.342 e. The third-order valence-corrected chi connectivity index (χ3v) is 4.82. The van der Waals surface area contributed by atoms with Gasteiger partial charge in [0.15, 0.2) is 0 Å². The second-order valence-corrected chi connectivity index (χ2v) is 6.79. The molecular formula is C18H26N2O. The van der Waals surface area contributed by atoms with Crippen LogP contribution in [-0.2, 0) is 17.6 Å². The summed E-state index contributed by atoms with van der Waals surface area (Å²) in [4.78, 5) is 14.0. The highest BCUT2D eigenvalue weighted by Gasteiger charge is 2.27. The molecule has 0 spiro atoms. The summed E-state index contributed by atoms with van der Waals surface area (Å²) in [5.41, 5.74) is 3.00. The van der Waals surface area contributed by atoms with Crippen molar-refractivity contribution in [3.05, 3.63) is 35.4 Å². The van der Waals surface area contributed by atoms with E-state index in [9.17, 15) is 4.79 Å². The van der Waals surface area contributed by atoms with Gasteiger partial charge >= 0.3 is 0 Å². The van der Waals surface area contributed by atoms with E-state index in [1.165, 1.54) is 11.1 Å². The van der Waals surface area contributed by atoms with Crippen molar-refractivity contribution >= 4 is 5.91 Å². The van der Waals surface area contributed by atoms with Crippen LogP contribution in [0.15, 0.2) is 24.3 Å². The van der Waals surface area contributed by atoms with Crippen LogP contribution in [0.1, 0.15) is 37.8 Å². The minimum absolute atomic E-state index is 0.124. The molecule has 0 saturated carbocycles. The summed E-state index contributed by atoms with van der Waals surface area (Å²) < 4.78 is 0. The monoisotopic (exact) mass is 286 g/mol. The molecule has 0 atom stereocenters. The van der Waals surface area contributed by atoms with Gasteiger partial charge in [-0.15, -0.1) is 0 Å². The number of hydrogen-bond acceptors (Lipinski definition) is 2. The fourth-order valence-electron chi connectivity index (χ4n) is 3.64. The van der Waals surface area contributed by atoms with Crippen LogP contribution in [0.5, 0.6) is 0 Å². The lowest BCUT2D eigenvalue weighted by Gasteiger charge is -2.34. The maximum Gasteiger partial charge on any atom is 0.225 e. The number of carbonyl (C=O) groups excluding carboxylic acids is 1. The van der Waals surface area contributed by atoms with E-state index in [1.54, 1.807) is 0 Å². The van der Waals surface area contributed by atoms with Gasteiger partial charge < -0.3 is 10.2 Å². The van der Waals surface area contributed by atoms with Gasteiger partial charge in [0.05, 0.1) is 0 Å².